The molecule has 1 saturated heterocycles. The summed E-state index contributed by atoms with van der Waals surface area (Å²) in [5.41, 5.74) is 0. The van der Waals surface area contributed by atoms with E-state index >= 15 is 0 Å². The maximum Gasteiger partial charge on any atom is 0.127 e. The van der Waals surface area contributed by atoms with Crippen LogP contribution in [0.4, 0.5) is 0 Å². The molecule has 0 aliphatic carbocycles. The molecule has 6 heteroatoms. The predicted octanol–water partition coefficient (Wildman–Crippen LogP) is -0.264. The maximum absolute atomic E-state index is 2.56. The third-order valence-corrected chi connectivity index (χ3v) is 33.7. The Kier molecular flexibility index (Phi) is 3.53. The first-order chi connectivity index (χ1) is 5.91. The second-order valence-corrected chi connectivity index (χ2v) is 25.2. The van der Waals surface area contributed by atoms with Crippen molar-refractivity contribution in [3.8, 4) is 0 Å². The summed E-state index contributed by atoms with van der Waals surface area (Å²) in [5, 5.41) is 2.36. The van der Waals surface area contributed by atoms with Gasteiger partial charge < -0.3 is 0 Å². The largest absolute Gasteiger partial charge is 0.264 e. The summed E-state index contributed by atoms with van der Waals surface area (Å²) in [6.45, 7) is 7.53. The monoisotopic (exact) mass is 233 g/mol. The smallest absolute Gasteiger partial charge is 0.127 e. The van der Waals surface area contributed by atoms with Crippen molar-refractivity contribution in [1.82, 2.24) is 14.5 Å². The van der Waals surface area contributed by atoms with Crippen LogP contribution < -0.4 is 0 Å². The zero-order chi connectivity index (χ0) is 10.2. The SMILES string of the molecule is CC[SiH]1[SiH2]N(C)N(C)N(C)[Si]1(C)C. The van der Waals surface area contributed by atoms with Gasteiger partial charge in [0.1, 0.15) is 17.0 Å². The van der Waals surface area contributed by atoms with Crippen molar-refractivity contribution in [3.63, 3.8) is 0 Å². The Balaban J connectivity index is 2.82. The Morgan fingerprint density at radius 1 is 1.23 bits per heavy atom. The fourth-order valence-corrected chi connectivity index (χ4v) is 25.1. The van der Waals surface area contributed by atoms with Gasteiger partial charge in [0, 0.05) is 7.05 Å². The van der Waals surface area contributed by atoms with Crippen molar-refractivity contribution in [2.45, 2.75) is 26.1 Å². The first-order valence-electron chi connectivity index (χ1n) is 5.09. The molecule has 0 aromatic carbocycles. The third kappa shape index (κ3) is 1.97. The number of rotatable bonds is 1. The first-order valence-corrected chi connectivity index (χ1v) is 14.6. The Morgan fingerprint density at radius 3 is 2.23 bits per heavy atom. The van der Waals surface area contributed by atoms with Gasteiger partial charge in [0.25, 0.3) is 0 Å². The Hall–Kier alpha value is 0.531. The molecule has 0 spiro atoms. The van der Waals surface area contributed by atoms with E-state index in [1.54, 1.807) is 0 Å². The van der Waals surface area contributed by atoms with Crippen LogP contribution in [0.2, 0.25) is 19.1 Å². The molecule has 13 heavy (non-hydrogen) atoms. The van der Waals surface area contributed by atoms with E-state index in [1.165, 1.54) is 6.04 Å². The predicted molar refractivity (Wildman–Crippen MR) is 66.9 cm³/mol. The van der Waals surface area contributed by atoms with E-state index in [9.17, 15) is 0 Å². The van der Waals surface area contributed by atoms with Crippen molar-refractivity contribution in [1.29, 1.82) is 0 Å². The molecule has 3 nitrogen and oxygen atoms in total. The first kappa shape index (κ1) is 11.6. The van der Waals surface area contributed by atoms with E-state index < -0.39 is 7.75 Å². The average molecular weight is 234 g/mol. The number of hydrogen-bond donors (Lipinski definition) is 0. The lowest BCUT2D eigenvalue weighted by molar-refractivity contribution is -0.0356. The second kappa shape index (κ2) is 3.95. The molecule has 0 N–H and O–H groups in total. The quantitative estimate of drug-likeness (QED) is 0.578. The summed E-state index contributed by atoms with van der Waals surface area (Å²) in [4.78, 5) is 0. The van der Waals surface area contributed by atoms with E-state index in [2.05, 4.69) is 55.6 Å². The molecule has 1 aliphatic heterocycles. The van der Waals surface area contributed by atoms with Gasteiger partial charge in [-0.2, -0.15) is 5.12 Å². The van der Waals surface area contributed by atoms with E-state index in [4.69, 9.17) is 0 Å². The van der Waals surface area contributed by atoms with Crippen LogP contribution in [-0.4, -0.2) is 60.4 Å². The molecular weight excluding hydrogens is 210 g/mol. The van der Waals surface area contributed by atoms with Crippen LogP contribution in [0.3, 0.4) is 0 Å². The number of hydrogen-bond acceptors (Lipinski definition) is 3. The molecule has 1 aliphatic rings. The molecule has 0 amide bonds. The lowest BCUT2D eigenvalue weighted by Gasteiger charge is -2.53. The zero-order valence-electron chi connectivity index (χ0n) is 9.83. The molecule has 1 unspecified atom stereocenters. The van der Waals surface area contributed by atoms with E-state index in [-0.39, 0.29) is 17.0 Å². The minimum atomic E-state index is -1.01. The van der Waals surface area contributed by atoms with Gasteiger partial charge in [-0.3, -0.25) is 9.35 Å². The zero-order valence-corrected chi connectivity index (χ0v) is 13.4. The lowest BCUT2D eigenvalue weighted by atomic mass is 11.0. The summed E-state index contributed by atoms with van der Waals surface area (Å²) in [6.07, 6.45) is 0. The van der Waals surface area contributed by atoms with Gasteiger partial charge in [0.2, 0.25) is 0 Å². The molecule has 0 radical (unpaired) electrons. The van der Waals surface area contributed by atoms with E-state index in [1.807, 2.05) is 0 Å². The van der Waals surface area contributed by atoms with Crippen molar-refractivity contribution < 1.29 is 0 Å². The van der Waals surface area contributed by atoms with Gasteiger partial charge >= 0.3 is 0 Å². The topological polar surface area (TPSA) is 9.72 Å². The minimum absolute atomic E-state index is 0.0816. The Morgan fingerprint density at radius 2 is 1.77 bits per heavy atom. The van der Waals surface area contributed by atoms with Gasteiger partial charge in [0.15, 0.2) is 0 Å². The molecule has 78 valence electrons. The van der Waals surface area contributed by atoms with Crippen LogP contribution in [0.15, 0.2) is 0 Å². The van der Waals surface area contributed by atoms with Crippen LogP contribution in [0.25, 0.3) is 0 Å². The van der Waals surface area contributed by atoms with E-state index in [0.29, 0.717) is 0 Å². The van der Waals surface area contributed by atoms with Crippen molar-refractivity contribution in [3.05, 3.63) is 0 Å². The lowest BCUT2D eigenvalue weighted by Crippen LogP contribution is -2.75. The van der Waals surface area contributed by atoms with Gasteiger partial charge in [-0.1, -0.05) is 26.1 Å². The Bertz CT molecular complexity index is 184. The highest BCUT2D eigenvalue weighted by Gasteiger charge is 2.43. The molecule has 1 rings (SSSR count). The highest BCUT2D eigenvalue weighted by molar-refractivity contribution is 7.50. The summed E-state index contributed by atoms with van der Waals surface area (Å²) < 4.78 is 5.07. The van der Waals surface area contributed by atoms with Gasteiger partial charge in [-0.25, -0.2) is 0 Å². The maximum atomic E-state index is 2.56. The van der Waals surface area contributed by atoms with Crippen LogP contribution in [0, 0.1) is 0 Å². The third-order valence-electron chi connectivity index (χ3n) is 3.74. The van der Waals surface area contributed by atoms with Gasteiger partial charge in [-0.05, 0) is 14.1 Å². The van der Waals surface area contributed by atoms with Gasteiger partial charge in [0.05, 0.1) is 7.83 Å². The van der Waals surface area contributed by atoms with Crippen molar-refractivity contribution in [2.24, 2.45) is 0 Å². The molecule has 0 aromatic heterocycles. The molecule has 0 aromatic rings. The standard InChI is InChI=1S/C7H23N3Si3/c1-7-12-11-9(3)8(2)10(4)13(12,5)6/h12H,7,11H2,1-6H3. The highest BCUT2D eigenvalue weighted by Crippen LogP contribution is 2.21. The van der Waals surface area contributed by atoms with Crippen molar-refractivity contribution in [2.75, 3.05) is 21.1 Å². The fourth-order valence-electron chi connectivity index (χ4n) is 2.16. The summed E-state index contributed by atoms with van der Waals surface area (Å²) >= 11 is 0. The molecule has 0 saturated carbocycles. The molecule has 1 atom stereocenters. The van der Waals surface area contributed by atoms with Crippen LogP contribution >= 0.6 is 0 Å². The number of hydrazine groups is 2. The summed E-state index contributed by atoms with van der Waals surface area (Å²) in [5.74, 6) is 0. The highest BCUT2D eigenvalue weighted by atomic mass is 29.6. The average Bonchev–Trinajstić information content (AvgIpc) is 2.08. The molecule has 0 bridgehead atoms. The van der Waals surface area contributed by atoms with E-state index in [0.717, 1.165) is 0 Å². The molecule has 1 heterocycles. The second-order valence-electron chi connectivity index (χ2n) is 4.61. The van der Waals surface area contributed by atoms with Crippen LogP contribution in [0.1, 0.15) is 6.92 Å². The fraction of sp³-hybridized carbons (Fsp3) is 1.00. The minimum Gasteiger partial charge on any atom is -0.264 e. The van der Waals surface area contributed by atoms with Crippen LogP contribution in [0.5, 0.6) is 0 Å². The Labute approximate surface area is 86.8 Å². The van der Waals surface area contributed by atoms with Crippen LogP contribution in [-0.2, 0) is 0 Å². The number of nitrogens with zero attached hydrogens (tertiary/aromatic N) is 3. The summed E-state index contributed by atoms with van der Waals surface area (Å²) in [6, 6.07) is 1.51. The van der Waals surface area contributed by atoms with Gasteiger partial charge in [-0.15, -0.1) is 0 Å². The van der Waals surface area contributed by atoms with Crippen molar-refractivity contribution >= 4 is 24.8 Å². The normalized spacial score (nSPS) is 34.2. The summed E-state index contributed by atoms with van der Waals surface area (Å²) in [7, 11) is 5.45. The molecule has 1 fully saturated rings. The molecular formula is C7H23N3Si3.